The standard InChI is InChI=1S/C22H44B2N6Si4/c1-31(2,3)27-19-15-13-16-20(25-19)29(33(7,8)9)24-30(34(10,11)12)22-18-14-17-21(26-22)28(23-27)32(4,5)6/h13-18,23-24H,1-12H3. The highest BCUT2D eigenvalue weighted by Gasteiger charge is 2.38. The second-order valence-electron chi connectivity index (χ2n) is 13.4. The molecule has 0 aromatic carbocycles. The zero-order valence-electron chi connectivity index (χ0n) is 23.6. The molecule has 0 saturated heterocycles. The topological polar surface area (TPSA) is 38.7 Å². The molecule has 1 aliphatic rings. The molecule has 0 radical (unpaired) electrons. The second-order valence-corrected chi connectivity index (χ2v) is 32.9. The molecule has 0 amide bonds. The van der Waals surface area contributed by atoms with Gasteiger partial charge in [0.1, 0.15) is 56.2 Å². The van der Waals surface area contributed by atoms with E-state index >= 15 is 0 Å². The number of anilines is 4. The van der Waals surface area contributed by atoms with Gasteiger partial charge in [-0.25, -0.2) is 9.97 Å². The lowest BCUT2D eigenvalue weighted by Gasteiger charge is -2.47. The first-order chi connectivity index (χ1) is 15.4. The summed E-state index contributed by atoms with van der Waals surface area (Å²) >= 11 is 0. The molecule has 0 aliphatic carbocycles. The highest BCUT2D eigenvalue weighted by molar-refractivity contribution is 6.97. The largest absolute Gasteiger partial charge is 0.412 e. The van der Waals surface area contributed by atoms with Crippen molar-refractivity contribution >= 4 is 71.3 Å². The van der Waals surface area contributed by atoms with Gasteiger partial charge in [0.2, 0.25) is 0 Å². The SMILES string of the molecule is C[Si](C)(C)N1BN([Si](C)(C)C)c2cccc(n2)N([Si](C)(C)C)BN([Si](C)(C)C)c2cccc1n2. The van der Waals surface area contributed by atoms with Crippen molar-refractivity contribution in [1.82, 2.24) is 9.97 Å². The highest BCUT2D eigenvalue weighted by Crippen LogP contribution is 2.31. The third kappa shape index (κ3) is 6.00. The molecule has 12 heteroatoms. The number of nitrogens with zero attached hydrogens (tertiary/aromatic N) is 6. The number of fused-ring (bicyclic) bond motifs is 4. The predicted octanol–water partition coefficient (Wildman–Crippen LogP) is 5.29. The minimum Gasteiger partial charge on any atom is -0.412 e. The molecule has 34 heavy (non-hydrogen) atoms. The lowest BCUT2D eigenvalue weighted by Crippen LogP contribution is -2.63. The normalized spacial score (nSPS) is 15.9. The van der Waals surface area contributed by atoms with Gasteiger partial charge >= 0.3 is 15.1 Å². The van der Waals surface area contributed by atoms with E-state index in [1.54, 1.807) is 0 Å². The summed E-state index contributed by atoms with van der Waals surface area (Å²) in [6.45, 7) is 29.0. The maximum absolute atomic E-state index is 5.35. The van der Waals surface area contributed by atoms with E-state index < -0.39 is 32.9 Å². The summed E-state index contributed by atoms with van der Waals surface area (Å²) in [6.07, 6.45) is 0. The van der Waals surface area contributed by atoms with Crippen LogP contribution in [-0.4, -0.2) is 58.0 Å². The van der Waals surface area contributed by atoms with Gasteiger partial charge in [-0.2, -0.15) is 0 Å². The number of hydrogen-bond acceptors (Lipinski definition) is 6. The molecule has 2 aromatic rings. The molecule has 184 valence electrons. The third-order valence-corrected chi connectivity index (χ3v) is 14.3. The molecule has 0 spiro atoms. The summed E-state index contributed by atoms with van der Waals surface area (Å²) in [5, 5.41) is 0. The maximum atomic E-state index is 5.35. The van der Waals surface area contributed by atoms with E-state index in [1.165, 1.54) is 0 Å². The van der Waals surface area contributed by atoms with Gasteiger partial charge in [0, 0.05) is 0 Å². The van der Waals surface area contributed by atoms with Crippen LogP contribution in [0, 0.1) is 0 Å². The first-order valence-electron chi connectivity index (χ1n) is 12.4. The maximum Gasteiger partial charge on any atom is 0.342 e. The molecule has 1 aliphatic heterocycles. The molecule has 6 nitrogen and oxygen atoms in total. The van der Waals surface area contributed by atoms with E-state index in [4.69, 9.17) is 9.97 Å². The van der Waals surface area contributed by atoms with E-state index in [2.05, 4.69) is 133 Å². The fourth-order valence-electron chi connectivity index (χ4n) is 4.22. The zero-order valence-corrected chi connectivity index (χ0v) is 27.6. The zero-order chi connectivity index (χ0) is 25.7. The van der Waals surface area contributed by atoms with Crippen molar-refractivity contribution in [2.24, 2.45) is 0 Å². The van der Waals surface area contributed by atoms with E-state index in [0.29, 0.717) is 0 Å². The van der Waals surface area contributed by atoms with Gasteiger partial charge in [-0.05, 0) is 24.3 Å². The Kier molecular flexibility index (Phi) is 7.31. The Balaban J connectivity index is 2.33. The fourth-order valence-corrected chi connectivity index (χ4v) is 10.0. The van der Waals surface area contributed by atoms with Crippen molar-refractivity contribution in [3.63, 3.8) is 0 Å². The van der Waals surface area contributed by atoms with E-state index in [1.807, 2.05) is 0 Å². The van der Waals surface area contributed by atoms with Crippen LogP contribution in [0.1, 0.15) is 0 Å². The quantitative estimate of drug-likeness (QED) is 0.505. The number of aromatic nitrogens is 2. The Labute approximate surface area is 213 Å². The minimum atomic E-state index is -1.73. The summed E-state index contributed by atoms with van der Waals surface area (Å²) in [5.74, 6) is 4.39. The van der Waals surface area contributed by atoms with Gasteiger partial charge in [-0.15, -0.1) is 0 Å². The molecule has 0 fully saturated rings. The van der Waals surface area contributed by atoms with Crippen molar-refractivity contribution in [3.8, 4) is 0 Å². The summed E-state index contributed by atoms with van der Waals surface area (Å²) in [4.78, 5) is 10.7. The molecule has 3 rings (SSSR count). The van der Waals surface area contributed by atoms with E-state index in [0.717, 1.165) is 38.4 Å². The Hall–Kier alpha value is -1.50. The third-order valence-electron chi connectivity index (χ3n) is 6.35. The lowest BCUT2D eigenvalue weighted by molar-refractivity contribution is 1.17. The minimum absolute atomic E-state index is 0.832. The van der Waals surface area contributed by atoms with Crippen molar-refractivity contribution in [2.75, 3.05) is 17.9 Å². The average Bonchev–Trinajstić information content (AvgIpc) is 2.64. The van der Waals surface area contributed by atoms with Gasteiger partial charge in [-0.3, -0.25) is 0 Å². The predicted molar refractivity (Wildman–Crippen MR) is 166 cm³/mol. The monoisotopic (exact) mass is 526 g/mol. The van der Waals surface area contributed by atoms with E-state index in [-0.39, 0.29) is 0 Å². The molecule has 0 saturated carbocycles. The van der Waals surface area contributed by atoms with Crippen LogP contribution < -0.4 is 17.9 Å². The van der Waals surface area contributed by atoms with Crippen molar-refractivity contribution in [1.29, 1.82) is 0 Å². The van der Waals surface area contributed by atoms with E-state index in [9.17, 15) is 0 Å². The molecular weight excluding hydrogens is 482 g/mol. The average molecular weight is 527 g/mol. The first-order valence-corrected chi connectivity index (χ1v) is 26.2. The second kappa shape index (κ2) is 9.18. The highest BCUT2D eigenvalue weighted by atomic mass is 28.3. The van der Waals surface area contributed by atoms with Crippen LogP contribution in [0.5, 0.6) is 0 Å². The molecule has 4 bridgehead atoms. The smallest absolute Gasteiger partial charge is 0.342 e. The molecule has 0 N–H and O–H groups in total. The molecule has 0 atom stereocenters. The summed E-state index contributed by atoms with van der Waals surface area (Å²) < 4.78 is 10.3. The van der Waals surface area contributed by atoms with Crippen LogP contribution in [0.4, 0.5) is 23.3 Å². The lowest BCUT2D eigenvalue weighted by atomic mass is 10.1. The van der Waals surface area contributed by atoms with Gasteiger partial charge in [0.25, 0.3) is 0 Å². The Morgan fingerprint density at radius 2 is 0.647 bits per heavy atom. The molecule has 2 aromatic heterocycles. The van der Waals surface area contributed by atoms with Crippen LogP contribution >= 0.6 is 0 Å². The summed E-state index contributed by atoms with van der Waals surface area (Å²) in [5.41, 5.74) is 0. The first kappa shape index (κ1) is 27.1. The van der Waals surface area contributed by atoms with Crippen LogP contribution in [0.15, 0.2) is 36.4 Å². The molecule has 3 heterocycles. The number of pyridine rings is 2. The Morgan fingerprint density at radius 1 is 0.441 bits per heavy atom. The van der Waals surface area contributed by atoms with Crippen molar-refractivity contribution < 1.29 is 0 Å². The number of rotatable bonds is 4. The van der Waals surface area contributed by atoms with Gasteiger partial charge in [-0.1, -0.05) is 90.7 Å². The fraction of sp³-hybridized carbons (Fsp3) is 0.545. The number of hydrogen-bond donors (Lipinski definition) is 0. The summed E-state index contributed by atoms with van der Waals surface area (Å²) in [6, 6.07) is 13.2. The Morgan fingerprint density at radius 3 is 0.824 bits per heavy atom. The summed E-state index contributed by atoms with van der Waals surface area (Å²) in [7, 11) is -5.26. The van der Waals surface area contributed by atoms with Crippen molar-refractivity contribution in [3.05, 3.63) is 36.4 Å². The molecule has 0 unspecified atom stereocenters. The van der Waals surface area contributed by atoms with Crippen LogP contribution in [0.3, 0.4) is 0 Å². The van der Waals surface area contributed by atoms with Crippen LogP contribution in [0.25, 0.3) is 0 Å². The van der Waals surface area contributed by atoms with Crippen LogP contribution in [-0.2, 0) is 0 Å². The van der Waals surface area contributed by atoms with Gasteiger partial charge in [0.05, 0.1) is 0 Å². The Bertz CT molecular complexity index is 862. The van der Waals surface area contributed by atoms with Crippen molar-refractivity contribution in [2.45, 2.75) is 78.6 Å². The van der Waals surface area contributed by atoms with Gasteiger partial charge in [0.15, 0.2) is 0 Å². The van der Waals surface area contributed by atoms with Gasteiger partial charge < -0.3 is 17.9 Å². The molecular formula is C22H44B2N6Si4. The van der Waals surface area contributed by atoms with Crippen LogP contribution in [0.2, 0.25) is 78.6 Å².